The summed E-state index contributed by atoms with van der Waals surface area (Å²) in [6, 6.07) is 13.1. The number of benzene rings is 2. The first-order chi connectivity index (χ1) is 9.99. The number of carbonyl (C=O) groups is 1. The Kier molecular flexibility index (Phi) is 5.09. The van der Waals surface area contributed by atoms with Gasteiger partial charge in [-0.05, 0) is 36.2 Å². The van der Waals surface area contributed by atoms with Crippen LogP contribution >= 0.6 is 28.1 Å². The number of nitrogens with one attached hydrogen (secondary N) is 1. The lowest BCUT2D eigenvalue weighted by Gasteiger charge is -2.09. The molecule has 0 bridgehead atoms. The van der Waals surface area contributed by atoms with Crippen molar-refractivity contribution in [1.82, 2.24) is 5.32 Å². The van der Waals surface area contributed by atoms with Crippen LogP contribution in [0.1, 0.15) is 27.0 Å². The highest BCUT2D eigenvalue weighted by molar-refractivity contribution is 9.10. The molecule has 5 heteroatoms. The summed E-state index contributed by atoms with van der Waals surface area (Å²) in [5.74, 6) is -0.102. The molecule has 0 aliphatic heterocycles. The van der Waals surface area contributed by atoms with Crippen LogP contribution in [-0.2, 0) is 6.54 Å². The summed E-state index contributed by atoms with van der Waals surface area (Å²) in [6.07, 6.45) is 0. The van der Waals surface area contributed by atoms with Crippen molar-refractivity contribution in [2.45, 2.75) is 13.5 Å². The van der Waals surface area contributed by atoms with E-state index in [1.165, 1.54) is 0 Å². The molecule has 2 aromatic rings. The second-order valence-corrected chi connectivity index (χ2v) is 5.95. The first-order valence-electron chi connectivity index (χ1n) is 6.41. The van der Waals surface area contributed by atoms with Gasteiger partial charge in [0.25, 0.3) is 5.91 Å². The van der Waals surface area contributed by atoms with Crippen molar-refractivity contribution in [3.8, 4) is 0 Å². The highest BCUT2D eigenvalue weighted by atomic mass is 79.9. The van der Waals surface area contributed by atoms with Gasteiger partial charge in [-0.2, -0.15) is 0 Å². The Balaban J connectivity index is 2.09. The summed E-state index contributed by atoms with van der Waals surface area (Å²) in [5, 5.41) is 2.91. The zero-order chi connectivity index (χ0) is 15.4. The van der Waals surface area contributed by atoms with Crippen LogP contribution < -0.4 is 11.1 Å². The Labute approximate surface area is 137 Å². The first-order valence-corrected chi connectivity index (χ1v) is 7.61. The minimum Gasteiger partial charge on any atom is -0.389 e. The van der Waals surface area contributed by atoms with E-state index >= 15 is 0 Å². The fraction of sp³-hybridized carbons (Fsp3) is 0.125. The van der Waals surface area contributed by atoms with Crippen molar-refractivity contribution in [3.63, 3.8) is 0 Å². The maximum Gasteiger partial charge on any atom is 0.251 e. The van der Waals surface area contributed by atoms with E-state index in [0.29, 0.717) is 17.1 Å². The smallest absolute Gasteiger partial charge is 0.251 e. The molecule has 0 atom stereocenters. The molecule has 0 fully saturated rings. The van der Waals surface area contributed by atoms with Gasteiger partial charge in [0.15, 0.2) is 0 Å². The number of thiocarbonyl (C=S) groups is 1. The van der Waals surface area contributed by atoms with Gasteiger partial charge in [0.1, 0.15) is 4.99 Å². The van der Waals surface area contributed by atoms with E-state index in [2.05, 4.69) is 21.2 Å². The maximum absolute atomic E-state index is 12.2. The molecule has 0 aliphatic rings. The lowest BCUT2D eigenvalue weighted by molar-refractivity contribution is 0.0950. The molecule has 0 radical (unpaired) electrons. The van der Waals surface area contributed by atoms with Crippen molar-refractivity contribution in [3.05, 3.63) is 69.2 Å². The lowest BCUT2D eigenvalue weighted by Crippen LogP contribution is -2.24. The number of hydrogen-bond donors (Lipinski definition) is 2. The topological polar surface area (TPSA) is 55.1 Å². The van der Waals surface area contributed by atoms with E-state index < -0.39 is 0 Å². The molecule has 0 unspecified atom stereocenters. The molecular weight excluding hydrogens is 348 g/mol. The van der Waals surface area contributed by atoms with E-state index in [1.54, 1.807) is 6.07 Å². The predicted molar refractivity (Wildman–Crippen MR) is 92.4 cm³/mol. The average molecular weight is 363 g/mol. The standard InChI is InChI=1S/C16H15BrN2OS/c1-10-13(6-3-7-14(10)17)16(20)19-9-11-4-2-5-12(8-11)15(18)21/h2-8H,9H2,1H3,(H2,18,21)(H,19,20). The van der Waals surface area contributed by atoms with Crippen molar-refractivity contribution in [1.29, 1.82) is 0 Å². The predicted octanol–water partition coefficient (Wildman–Crippen LogP) is 3.32. The Morgan fingerprint density at radius 2 is 2.00 bits per heavy atom. The zero-order valence-corrected chi connectivity index (χ0v) is 13.9. The molecular formula is C16H15BrN2OS. The van der Waals surface area contributed by atoms with Gasteiger partial charge in [-0.25, -0.2) is 0 Å². The number of halogens is 1. The van der Waals surface area contributed by atoms with E-state index in [9.17, 15) is 4.79 Å². The van der Waals surface area contributed by atoms with Gasteiger partial charge in [-0.15, -0.1) is 0 Å². The summed E-state index contributed by atoms with van der Waals surface area (Å²) in [4.78, 5) is 12.6. The molecule has 3 N–H and O–H groups in total. The molecule has 0 saturated heterocycles. The monoisotopic (exact) mass is 362 g/mol. The molecule has 2 rings (SSSR count). The van der Waals surface area contributed by atoms with Gasteiger partial charge in [-0.3, -0.25) is 4.79 Å². The molecule has 21 heavy (non-hydrogen) atoms. The SMILES string of the molecule is Cc1c(Br)cccc1C(=O)NCc1cccc(C(N)=S)c1. The summed E-state index contributed by atoms with van der Waals surface area (Å²) >= 11 is 8.38. The van der Waals surface area contributed by atoms with Gasteiger partial charge in [0.2, 0.25) is 0 Å². The third-order valence-corrected chi connectivity index (χ3v) is 4.27. The van der Waals surface area contributed by atoms with Gasteiger partial charge in [-0.1, -0.05) is 52.4 Å². The largest absolute Gasteiger partial charge is 0.389 e. The summed E-state index contributed by atoms with van der Waals surface area (Å²) in [6.45, 7) is 2.34. The van der Waals surface area contributed by atoms with Crippen LogP contribution in [0.25, 0.3) is 0 Å². The molecule has 0 spiro atoms. The molecule has 2 aromatic carbocycles. The summed E-state index contributed by atoms with van der Waals surface area (Å²) in [5.41, 5.74) is 8.95. The van der Waals surface area contributed by atoms with Gasteiger partial charge in [0, 0.05) is 22.1 Å². The van der Waals surface area contributed by atoms with Crippen LogP contribution in [0.2, 0.25) is 0 Å². The van der Waals surface area contributed by atoms with Crippen LogP contribution in [0.4, 0.5) is 0 Å². The third kappa shape index (κ3) is 3.89. The van der Waals surface area contributed by atoms with E-state index in [1.807, 2.05) is 43.3 Å². The maximum atomic E-state index is 12.2. The minimum atomic E-state index is -0.102. The molecule has 3 nitrogen and oxygen atoms in total. The van der Waals surface area contributed by atoms with Crippen LogP contribution in [0.15, 0.2) is 46.9 Å². The second kappa shape index (κ2) is 6.83. The molecule has 108 valence electrons. The Morgan fingerprint density at radius 3 is 2.71 bits per heavy atom. The zero-order valence-electron chi connectivity index (χ0n) is 11.5. The molecule has 0 aromatic heterocycles. The highest BCUT2D eigenvalue weighted by Gasteiger charge is 2.10. The van der Waals surface area contributed by atoms with Crippen molar-refractivity contribution >= 4 is 39.0 Å². The van der Waals surface area contributed by atoms with Crippen molar-refractivity contribution < 1.29 is 4.79 Å². The Morgan fingerprint density at radius 1 is 1.29 bits per heavy atom. The van der Waals surface area contributed by atoms with Crippen molar-refractivity contribution in [2.75, 3.05) is 0 Å². The number of hydrogen-bond acceptors (Lipinski definition) is 2. The quantitative estimate of drug-likeness (QED) is 0.820. The average Bonchev–Trinajstić information content (AvgIpc) is 2.48. The first kappa shape index (κ1) is 15.7. The van der Waals surface area contributed by atoms with E-state index in [0.717, 1.165) is 21.2 Å². The minimum absolute atomic E-state index is 0.102. The van der Waals surface area contributed by atoms with Gasteiger partial charge >= 0.3 is 0 Å². The Hall–Kier alpha value is -1.72. The normalized spacial score (nSPS) is 10.2. The number of amides is 1. The highest BCUT2D eigenvalue weighted by Crippen LogP contribution is 2.19. The fourth-order valence-corrected chi connectivity index (χ4v) is 2.46. The molecule has 1 amide bonds. The second-order valence-electron chi connectivity index (χ2n) is 4.66. The third-order valence-electron chi connectivity index (χ3n) is 3.18. The summed E-state index contributed by atoms with van der Waals surface area (Å²) in [7, 11) is 0. The van der Waals surface area contributed by atoms with E-state index in [4.69, 9.17) is 18.0 Å². The van der Waals surface area contributed by atoms with Crippen LogP contribution in [0, 0.1) is 6.92 Å². The van der Waals surface area contributed by atoms with Crippen LogP contribution in [-0.4, -0.2) is 10.9 Å². The van der Waals surface area contributed by atoms with Crippen LogP contribution in [0.3, 0.4) is 0 Å². The lowest BCUT2D eigenvalue weighted by atomic mass is 10.1. The molecule has 0 aliphatic carbocycles. The van der Waals surface area contributed by atoms with Gasteiger partial charge < -0.3 is 11.1 Å². The van der Waals surface area contributed by atoms with Gasteiger partial charge in [0.05, 0.1) is 0 Å². The molecule has 0 heterocycles. The van der Waals surface area contributed by atoms with Crippen molar-refractivity contribution in [2.24, 2.45) is 5.73 Å². The number of nitrogens with two attached hydrogens (primary N) is 1. The summed E-state index contributed by atoms with van der Waals surface area (Å²) < 4.78 is 0.922. The number of rotatable bonds is 4. The number of carbonyl (C=O) groups excluding carboxylic acids is 1. The van der Waals surface area contributed by atoms with Crippen LogP contribution in [0.5, 0.6) is 0 Å². The fourth-order valence-electron chi connectivity index (χ4n) is 1.97. The molecule has 0 saturated carbocycles. The van der Waals surface area contributed by atoms with E-state index in [-0.39, 0.29) is 5.91 Å². The Bertz CT molecular complexity index is 700.